The summed E-state index contributed by atoms with van der Waals surface area (Å²) in [5.74, 6) is 7.14. The van der Waals surface area contributed by atoms with Crippen molar-refractivity contribution in [2.75, 3.05) is 19.9 Å². The van der Waals surface area contributed by atoms with Crippen LogP contribution in [0.2, 0.25) is 5.02 Å². The number of benzene rings is 1. The van der Waals surface area contributed by atoms with Gasteiger partial charge in [-0.3, -0.25) is 4.18 Å². The third-order valence-corrected chi connectivity index (χ3v) is 5.45. The number of halogens is 1. The molecule has 154 valence electrons. The molecule has 0 radical (unpaired) electrons. The fourth-order valence-corrected chi connectivity index (χ4v) is 3.57. The largest absolute Gasteiger partial charge is 0.415 e. The molecule has 6 nitrogen and oxygen atoms in total. The van der Waals surface area contributed by atoms with Gasteiger partial charge in [0.2, 0.25) is 0 Å². The van der Waals surface area contributed by atoms with Gasteiger partial charge in [-0.25, -0.2) is 4.79 Å². The molecule has 28 heavy (non-hydrogen) atoms. The number of nitrogens with zero attached hydrogens (tertiary/aromatic N) is 1. The molecule has 1 saturated carbocycles. The Bertz CT molecular complexity index is 805. The molecule has 1 aromatic rings. The van der Waals surface area contributed by atoms with E-state index in [2.05, 4.69) is 16.0 Å². The maximum atomic E-state index is 12.3. The molecule has 0 bridgehead atoms. The molecular weight excluding hydrogens is 402 g/mol. The van der Waals surface area contributed by atoms with Crippen LogP contribution in [0.3, 0.4) is 0 Å². The summed E-state index contributed by atoms with van der Waals surface area (Å²) in [6.45, 7) is 0.167. The first-order valence-corrected chi connectivity index (χ1v) is 11.5. The molecule has 2 rings (SSSR count). The summed E-state index contributed by atoms with van der Waals surface area (Å²) in [5, 5.41) is 0.593. The van der Waals surface area contributed by atoms with Crippen molar-refractivity contribution in [2.45, 2.75) is 44.6 Å². The molecule has 0 heterocycles. The highest BCUT2D eigenvalue weighted by Crippen LogP contribution is 2.27. The highest BCUT2D eigenvalue weighted by Gasteiger charge is 2.26. The van der Waals surface area contributed by atoms with Crippen molar-refractivity contribution in [3.8, 4) is 17.6 Å². The van der Waals surface area contributed by atoms with Gasteiger partial charge in [-0.05, 0) is 56.4 Å². The van der Waals surface area contributed by atoms with Crippen LogP contribution in [0.5, 0.6) is 5.75 Å². The predicted molar refractivity (Wildman–Crippen MR) is 109 cm³/mol. The molecule has 1 aliphatic carbocycles. The lowest BCUT2D eigenvalue weighted by Gasteiger charge is -2.32. The Morgan fingerprint density at radius 3 is 2.46 bits per heavy atom. The maximum Gasteiger partial charge on any atom is 0.415 e. The Kier molecular flexibility index (Phi) is 8.61. The van der Waals surface area contributed by atoms with E-state index in [1.807, 2.05) is 0 Å². The summed E-state index contributed by atoms with van der Waals surface area (Å²) in [6, 6.07) is 6.84. The van der Waals surface area contributed by atoms with E-state index in [0.29, 0.717) is 29.5 Å². The van der Waals surface area contributed by atoms with E-state index in [1.165, 1.54) is 0 Å². The SMILES string of the molecule is CN(C(=O)Oc1ccc(Cl)cc1)C1CCC(C#CCCCOS(C)(=O)=O)CC1. The van der Waals surface area contributed by atoms with Crippen molar-refractivity contribution in [1.82, 2.24) is 4.90 Å². The number of carbonyl (C=O) groups excluding carboxylic acids is 1. The second-order valence-corrected chi connectivity index (χ2v) is 8.97. The van der Waals surface area contributed by atoms with E-state index in [-0.39, 0.29) is 18.7 Å². The standard InChI is InChI=1S/C20H26ClNO5S/c1-22(20(23)27-19-13-9-17(21)10-14-19)18-11-7-16(8-12-18)6-4-3-5-15-26-28(2,24)25/h9-10,13-14,16,18H,3,5,7-8,11-12,15H2,1-2H3. The fraction of sp³-hybridized carbons (Fsp3) is 0.550. The summed E-state index contributed by atoms with van der Waals surface area (Å²) in [4.78, 5) is 14.0. The van der Waals surface area contributed by atoms with Gasteiger partial charge in [-0.15, -0.1) is 5.92 Å². The number of unbranched alkanes of at least 4 members (excludes halogenated alkanes) is 1. The monoisotopic (exact) mass is 427 g/mol. The first-order chi connectivity index (χ1) is 13.2. The lowest BCUT2D eigenvalue weighted by Crippen LogP contribution is -2.40. The third-order valence-electron chi connectivity index (χ3n) is 4.60. The molecule has 0 atom stereocenters. The Morgan fingerprint density at radius 2 is 1.86 bits per heavy atom. The van der Waals surface area contributed by atoms with Crippen molar-refractivity contribution >= 4 is 27.8 Å². The predicted octanol–water partition coefficient (Wildman–Crippen LogP) is 4.09. The summed E-state index contributed by atoms with van der Waals surface area (Å²) in [7, 11) is -1.61. The molecule has 1 amide bonds. The van der Waals surface area contributed by atoms with E-state index < -0.39 is 10.1 Å². The number of ether oxygens (including phenoxy) is 1. The van der Waals surface area contributed by atoms with E-state index in [0.717, 1.165) is 31.9 Å². The van der Waals surface area contributed by atoms with Crippen LogP contribution >= 0.6 is 11.6 Å². The van der Waals surface area contributed by atoms with Crippen molar-refractivity contribution in [3.05, 3.63) is 29.3 Å². The minimum atomic E-state index is -3.37. The van der Waals surface area contributed by atoms with Crippen molar-refractivity contribution < 1.29 is 22.1 Å². The van der Waals surface area contributed by atoms with E-state index in [9.17, 15) is 13.2 Å². The number of rotatable bonds is 6. The molecule has 1 aliphatic rings. The highest BCUT2D eigenvalue weighted by molar-refractivity contribution is 7.85. The summed E-state index contributed by atoms with van der Waals surface area (Å²) >= 11 is 5.83. The van der Waals surface area contributed by atoms with Gasteiger partial charge in [-0.1, -0.05) is 17.5 Å². The summed E-state index contributed by atoms with van der Waals surface area (Å²) in [5.41, 5.74) is 0. The van der Waals surface area contributed by atoms with Crippen LogP contribution in [0.4, 0.5) is 4.79 Å². The Morgan fingerprint density at radius 1 is 1.21 bits per heavy atom. The van der Waals surface area contributed by atoms with Crippen LogP contribution in [0.15, 0.2) is 24.3 Å². The minimum Gasteiger partial charge on any atom is -0.410 e. The van der Waals surface area contributed by atoms with Gasteiger partial charge >= 0.3 is 6.09 Å². The third kappa shape index (κ3) is 8.09. The molecule has 0 N–H and O–H groups in total. The van der Waals surface area contributed by atoms with E-state index in [4.69, 9.17) is 16.3 Å². The number of hydrogen-bond acceptors (Lipinski definition) is 5. The number of hydrogen-bond donors (Lipinski definition) is 0. The van der Waals surface area contributed by atoms with Crippen LogP contribution in [0.1, 0.15) is 38.5 Å². The molecule has 0 spiro atoms. The fourth-order valence-electron chi connectivity index (χ4n) is 3.02. The second kappa shape index (κ2) is 10.7. The van der Waals surface area contributed by atoms with Crippen LogP contribution in [-0.4, -0.2) is 45.4 Å². The smallest absolute Gasteiger partial charge is 0.410 e. The number of amides is 1. The van der Waals surface area contributed by atoms with Gasteiger partial charge in [-0.2, -0.15) is 8.42 Å². The normalized spacial score (nSPS) is 19.4. The molecule has 0 unspecified atom stereocenters. The maximum absolute atomic E-state index is 12.3. The summed E-state index contributed by atoms with van der Waals surface area (Å²) in [6.07, 6.45) is 5.48. The Labute approximate surface area is 172 Å². The molecule has 8 heteroatoms. The van der Waals surface area contributed by atoms with Gasteiger partial charge in [0.25, 0.3) is 10.1 Å². The van der Waals surface area contributed by atoms with E-state index in [1.54, 1.807) is 36.2 Å². The Balaban J connectivity index is 1.70. The minimum absolute atomic E-state index is 0.140. The summed E-state index contributed by atoms with van der Waals surface area (Å²) < 4.78 is 31.8. The zero-order chi connectivity index (χ0) is 20.6. The second-order valence-electron chi connectivity index (χ2n) is 6.89. The molecule has 1 aromatic carbocycles. The Hall–Kier alpha value is -1.75. The lowest BCUT2D eigenvalue weighted by atomic mass is 9.86. The van der Waals surface area contributed by atoms with Crippen molar-refractivity contribution in [1.29, 1.82) is 0 Å². The average Bonchev–Trinajstić information content (AvgIpc) is 2.65. The molecule has 0 aromatic heterocycles. The van der Waals surface area contributed by atoms with Crippen molar-refractivity contribution in [3.63, 3.8) is 0 Å². The van der Waals surface area contributed by atoms with Crippen LogP contribution < -0.4 is 4.74 Å². The first kappa shape index (κ1) is 22.5. The quantitative estimate of drug-likeness (QED) is 0.388. The van der Waals surface area contributed by atoms with Crippen LogP contribution in [0.25, 0.3) is 0 Å². The van der Waals surface area contributed by atoms with Gasteiger partial charge in [0.1, 0.15) is 5.75 Å². The van der Waals surface area contributed by atoms with Crippen molar-refractivity contribution in [2.24, 2.45) is 5.92 Å². The van der Waals surface area contributed by atoms with Gasteiger partial charge in [0.15, 0.2) is 0 Å². The molecule has 0 saturated heterocycles. The van der Waals surface area contributed by atoms with E-state index >= 15 is 0 Å². The number of carbonyl (C=O) groups is 1. The zero-order valence-electron chi connectivity index (χ0n) is 16.2. The lowest BCUT2D eigenvalue weighted by molar-refractivity contribution is 0.129. The average molecular weight is 428 g/mol. The molecular formula is C20H26ClNO5S. The topological polar surface area (TPSA) is 72.9 Å². The highest BCUT2D eigenvalue weighted by atomic mass is 35.5. The molecule has 0 aliphatic heterocycles. The molecule has 1 fully saturated rings. The van der Waals surface area contributed by atoms with Crippen LogP contribution in [-0.2, 0) is 14.3 Å². The van der Waals surface area contributed by atoms with Crippen LogP contribution in [0, 0.1) is 17.8 Å². The van der Waals surface area contributed by atoms with Gasteiger partial charge in [0.05, 0.1) is 12.9 Å². The zero-order valence-corrected chi connectivity index (χ0v) is 17.8. The van der Waals surface area contributed by atoms with Gasteiger partial charge < -0.3 is 9.64 Å². The van der Waals surface area contributed by atoms with Gasteiger partial charge in [0, 0.05) is 30.5 Å². The first-order valence-electron chi connectivity index (χ1n) is 9.27.